The summed E-state index contributed by atoms with van der Waals surface area (Å²) in [5, 5.41) is 5.03. The molecule has 0 spiro atoms. The van der Waals surface area contributed by atoms with Gasteiger partial charge in [-0.2, -0.15) is 0 Å². The number of rotatable bonds is 2. The summed E-state index contributed by atoms with van der Waals surface area (Å²) in [7, 11) is -3.55. The summed E-state index contributed by atoms with van der Waals surface area (Å²) < 4.78 is 22.3. The van der Waals surface area contributed by atoms with E-state index in [1.165, 1.54) is 11.3 Å². The lowest BCUT2D eigenvalue weighted by Gasteiger charge is -1.90. The van der Waals surface area contributed by atoms with Crippen LogP contribution in [0.4, 0.5) is 0 Å². The van der Waals surface area contributed by atoms with Crippen molar-refractivity contribution in [3.05, 3.63) is 22.1 Å². The Balaban J connectivity index is 3.26. The average Bonchev–Trinajstić information content (AvgIpc) is 2.30. The highest BCUT2D eigenvalue weighted by Crippen LogP contribution is 2.26. The molecule has 0 aliphatic carbocycles. The Labute approximate surface area is 88.3 Å². The van der Waals surface area contributed by atoms with Crippen LogP contribution in [0.15, 0.2) is 15.8 Å². The summed E-state index contributed by atoms with van der Waals surface area (Å²) in [5.41, 5.74) is 2.08. The Morgan fingerprint density at radius 2 is 2.07 bits per heavy atom. The maximum Gasteiger partial charge on any atom is 0.247 e. The topological polar surface area (TPSA) is 60.2 Å². The van der Waals surface area contributed by atoms with Gasteiger partial charge in [-0.3, -0.25) is 0 Å². The molecule has 14 heavy (non-hydrogen) atoms. The molecule has 0 fully saturated rings. The van der Waals surface area contributed by atoms with Crippen LogP contribution in [0.25, 0.3) is 6.08 Å². The maximum atomic E-state index is 11.1. The molecule has 1 heterocycles. The van der Waals surface area contributed by atoms with E-state index in [-0.39, 0.29) is 4.21 Å². The van der Waals surface area contributed by atoms with Crippen LogP contribution < -0.4 is 5.14 Å². The Kier molecular flexibility index (Phi) is 3.14. The van der Waals surface area contributed by atoms with E-state index in [0.29, 0.717) is 0 Å². The zero-order valence-corrected chi connectivity index (χ0v) is 10.00. The molecule has 0 amide bonds. The minimum Gasteiger partial charge on any atom is -0.224 e. The van der Waals surface area contributed by atoms with Crippen LogP contribution in [0, 0.1) is 6.92 Å². The molecule has 5 heteroatoms. The normalized spacial score (nSPS) is 11.4. The smallest absolute Gasteiger partial charge is 0.224 e. The Hall–Kier alpha value is -0.650. The summed E-state index contributed by atoms with van der Waals surface area (Å²) in [4.78, 5) is 0.953. The van der Waals surface area contributed by atoms with Crippen LogP contribution in [0.3, 0.4) is 0 Å². The first kappa shape index (κ1) is 11.4. The van der Waals surface area contributed by atoms with Crippen molar-refractivity contribution < 1.29 is 8.42 Å². The lowest BCUT2D eigenvalue weighted by molar-refractivity contribution is 0.599. The molecule has 0 radical (unpaired) electrons. The predicted octanol–water partition coefficient (Wildman–Crippen LogP) is 2.13. The van der Waals surface area contributed by atoms with E-state index in [2.05, 4.69) is 0 Å². The van der Waals surface area contributed by atoms with Crippen LogP contribution in [-0.2, 0) is 10.0 Å². The van der Waals surface area contributed by atoms with Crippen LogP contribution >= 0.6 is 11.3 Å². The van der Waals surface area contributed by atoms with Gasteiger partial charge in [0.25, 0.3) is 0 Å². The highest BCUT2D eigenvalue weighted by Gasteiger charge is 2.12. The molecule has 0 aliphatic heterocycles. The van der Waals surface area contributed by atoms with Crippen molar-refractivity contribution in [3.8, 4) is 0 Å². The van der Waals surface area contributed by atoms with Gasteiger partial charge in [-0.05, 0) is 38.5 Å². The van der Waals surface area contributed by atoms with Crippen molar-refractivity contribution in [1.82, 2.24) is 0 Å². The van der Waals surface area contributed by atoms with Crippen LogP contribution in [0.1, 0.15) is 24.3 Å². The molecule has 1 aromatic rings. The SMILES string of the molecule is CC(C)=Cc1sc(S(N)(=O)=O)cc1C. The van der Waals surface area contributed by atoms with Crippen molar-refractivity contribution >= 4 is 27.4 Å². The maximum absolute atomic E-state index is 11.1. The van der Waals surface area contributed by atoms with Gasteiger partial charge >= 0.3 is 0 Å². The second-order valence-electron chi connectivity index (χ2n) is 3.38. The first-order valence-corrected chi connectivity index (χ1v) is 6.45. The van der Waals surface area contributed by atoms with E-state index < -0.39 is 10.0 Å². The second-order valence-corrected chi connectivity index (χ2v) is 6.25. The fourth-order valence-corrected chi connectivity index (χ4v) is 3.05. The lowest BCUT2D eigenvalue weighted by Crippen LogP contribution is -2.09. The highest BCUT2D eigenvalue weighted by molar-refractivity contribution is 7.91. The Morgan fingerprint density at radius 1 is 1.50 bits per heavy atom. The summed E-state index contributed by atoms with van der Waals surface area (Å²) in [6.07, 6.45) is 1.95. The van der Waals surface area contributed by atoms with E-state index >= 15 is 0 Å². The summed E-state index contributed by atoms with van der Waals surface area (Å²) >= 11 is 1.21. The number of nitrogens with two attached hydrogens (primary N) is 1. The van der Waals surface area contributed by atoms with E-state index in [0.717, 1.165) is 16.0 Å². The van der Waals surface area contributed by atoms with Gasteiger partial charge in [-0.15, -0.1) is 11.3 Å². The van der Waals surface area contributed by atoms with Crippen LogP contribution in [0.5, 0.6) is 0 Å². The number of thiophene rings is 1. The first-order chi connectivity index (χ1) is 6.30. The molecule has 0 unspecified atom stereocenters. The molecule has 0 aliphatic rings. The van der Waals surface area contributed by atoms with Gasteiger partial charge in [0.2, 0.25) is 10.0 Å². The highest BCUT2D eigenvalue weighted by atomic mass is 32.2. The Bertz CT molecular complexity index is 465. The number of aryl methyl sites for hydroxylation is 1. The van der Waals surface area contributed by atoms with Gasteiger partial charge in [0.1, 0.15) is 4.21 Å². The van der Waals surface area contributed by atoms with Crippen molar-refractivity contribution in [2.45, 2.75) is 25.0 Å². The number of primary sulfonamides is 1. The van der Waals surface area contributed by atoms with E-state index in [1.54, 1.807) is 6.07 Å². The predicted molar refractivity (Wildman–Crippen MR) is 59.8 cm³/mol. The molecule has 1 rings (SSSR count). The summed E-state index contributed by atoms with van der Waals surface area (Å²) in [5.74, 6) is 0. The summed E-state index contributed by atoms with van der Waals surface area (Å²) in [6, 6.07) is 1.61. The lowest BCUT2D eigenvalue weighted by atomic mass is 10.2. The molecule has 0 aromatic carbocycles. The fraction of sp³-hybridized carbons (Fsp3) is 0.333. The van der Waals surface area contributed by atoms with Gasteiger partial charge in [0, 0.05) is 4.88 Å². The molecular weight excluding hydrogens is 218 g/mol. The summed E-state index contributed by atoms with van der Waals surface area (Å²) in [6.45, 7) is 5.81. The number of allylic oxidation sites excluding steroid dienone is 1. The second kappa shape index (κ2) is 3.84. The van der Waals surface area contributed by atoms with Crippen LogP contribution in [0.2, 0.25) is 0 Å². The molecule has 0 saturated carbocycles. The number of hydrogen-bond donors (Lipinski definition) is 1. The van der Waals surface area contributed by atoms with E-state index in [4.69, 9.17) is 5.14 Å². The minimum absolute atomic E-state index is 0.225. The van der Waals surface area contributed by atoms with Crippen molar-refractivity contribution in [1.29, 1.82) is 0 Å². The number of hydrogen-bond acceptors (Lipinski definition) is 3. The quantitative estimate of drug-likeness (QED) is 0.847. The van der Waals surface area contributed by atoms with Gasteiger partial charge in [0.15, 0.2) is 0 Å². The molecule has 0 saturated heterocycles. The minimum atomic E-state index is -3.55. The standard InChI is InChI=1S/C9H13NO2S2/c1-6(2)4-8-7(3)5-9(13-8)14(10,11)12/h4-5H,1-3H3,(H2,10,11,12). The number of sulfonamides is 1. The molecule has 3 nitrogen and oxygen atoms in total. The van der Waals surface area contributed by atoms with Crippen molar-refractivity contribution in [2.24, 2.45) is 5.14 Å². The third kappa shape index (κ3) is 2.67. The zero-order chi connectivity index (χ0) is 10.9. The largest absolute Gasteiger partial charge is 0.247 e. The van der Waals surface area contributed by atoms with E-state index in [9.17, 15) is 8.42 Å². The van der Waals surface area contributed by atoms with Crippen molar-refractivity contribution in [2.75, 3.05) is 0 Å². The van der Waals surface area contributed by atoms with Gasteiger partial charge < -0.3 is 0 Å². The monoisotopic (exact) mass is 231 g/mol. The third-order valence-electron chi connectivity index (χ3n) is 1.63. The molecule has 0 bridgehead atoms. The first-order valence-electron chi connectivity index (χ1n) is 4.09. The van der Waals surface area contributed by atoms with Gasteiger partial charge in [-0.1, -0.05) is 5.57 Å². The molecular formula is C9H13NO2S2. The van der Waals surface area contributed by atoms with Gasteiger partial charge in [0.05, 0.1) is 0 Å². The molecule has 1 aromatic heterocycles. The fourth-order valence-electron chi connectivity index (χ4n) is 1.01. The van der Waals surface area contributed by atoms with Crippen LogP contribution in [-0.4, -0.2) is 8.42 Å². The van der Waals surface area contributed by atoms with Crippen molar-refractivity contribution in [3.63, 3.8) is 0 Å². The van der Waals surface area contributed by atoms with Gasteiger partial charge in [-0.25, -0.2) is 13.6 Å². The zero-order valence-electron chi connectivity index (χ0n) is 8.37. The molecule has 0 atom stereocenters. The Morgan fingerprint density at radius 3 is 2.43 bits per heavy atom. The molecule has 2 N–H and O–H groups in total. The molecule has 78 valence electrons. The third-order valence-corrected chi connectivity index (χ3v) is 4.24. The average molecular weight is 231 g/mol. The van der Waals surface area contributed by atoms with E-state index in [1.807, 2.05) is 26.8 Å².